The Balaban J connectivity index is 1.63. The maximum absolute atomic E-state index is 11.7. The lowest BCUT2D eigenvalue weighted by atomic mass is 10.1. The summed E-state index contributed by atoms with van der Waals surface area (Å²) in [6, 6.07) is 8.31. The third kappa shape index (κ3) is 4.00. The van der Waals surface area contributed by atoms with Crippen molar-refractivity contribution in [3.63, 3.8) is 0 Å². The minimum Gasteiger partial charge on any atom is -0.342 e. The Hall–Kier alpha value is -1.06. The van der Waals surface area contributed by atoms with Gasteiger partial charge in [0, 0.05) is 18.1 Å². The van der Waals surface area contributed by atoms with E-state index in [-0.39, 0.29) is 5.91 Å². The number of hydrogen-bond acceptors (Lipinski definition) is 2. The number of carbonyl (C=O) groups is 1. The van der Waals surface area contributed by atoms with Crippen molar-refractivity contribution >= 4 is 17.5 Å². The van der Waals surface area contributed by atoms with Gasteiger partial charge in [-0.25, -0.2) is 0 Å². The van der Waals surface area contributed by atoms with Crippen LogP contribution in [0.15, 0.2) is 24.3 Å². The molecule has 1 aliphatic carbocycles. The van der Waals surface area contributed by atoms with Crippen molar-refractivity contribution in [2.45, 2.75) is 25.3 Å². The van der Waals surface area contributed by atoms with Gasteiger partial charge in [0.25, 0.3) is 0 Å². The second-order valence-electron chi connectivity index (χ2n) is 4.79. The molecular weight excluding hydrogens is 248 g/mol. The third-order valence-corrected chi connectivity index (χ3v) is 3.52. The molecule has 0 unspecified atom stereocenters. The van der Waals surface area contributed by atoms with Crippen molar-refractivity contribution < 1.29 is 4.79 Å². The first-order valence-electron chi connectivity index (χ1n) is 6.37. The van der Waals surface area contributed by atoms with E-state index in [1.165, 1.54) is 5.56 Å². The standard InChI is InChI=1S/C14H19ClN2O/c1-17(13-6-7-13)14(18)10-16-9-8-11-2-4-12(15)5-3-11/h2-5,13,16H,6-10H2,1H3. The maximum atomic E-state index is 11.7. The molecular formula is C14H19ClN2O. The molecule has 1 aliphatic rings. The van der Waals surface area contributed by atoms with Gasteiger partial charge in [0.1, 0.15) is 0 Å². The summed E-state index contributed by atoms with van der Waals surface area (Å²) in [6.07, 6.45) is 3.23. The van der Waals surface area contributed by atoms with Crippen molar-refractivity contribution in [3.8, 4) is 0 Å². The predicted octanol–water partition coefficient (Wildman–Crippen LogP) is 2.09. The predicted molar refractivity (Wildman–Crippen MR) is 73.8 cm³/mol. The minimum absolute atomic E-state index is 0.189. The van der Waals surface area contributed by atoms with Crippen LogP contribution in [0.5, 0.6) is 0 Å². The molecule has 98 valence electrons. The largest absolute Gasteiger partial charge is 0.342 e. The van der Waals surface area contributed by atoms with Gasteiger partial charge in [0.05, 0.1) is 6.54 Å². The second-order valence-corrected chi connectivity index (χ2v) is 5.23. The fourth-order valence-electron chi connectivity index (χ4n) is 1.87. The van der Waals surface area contributed by atoms with Gasteiger partial charge < -0.3 is 10.2 Å². The molecule has 1 fully saturated rings. The zero-order valence-electron chi connectivity index (χ0n) is 10.7. The van der Waals surface area contributed by atoms with E-state index in [1.807, 2.05) is 36.2 Å². The molecule has 0 aliphatic heterocycles. The molecule has 0 radical (unpaired) electrons. The summed E-state index contributed by atoms with van der Waals surface area (Å²) in [5.41, 5.74) is 1.23. The van der Waals surface area contributed by atoms with E-state index in [9.17, 15) is 4.79 Å². The van der Waals surface area contributed by atoms with Crippen LogP contribution in [-0.4, -0.2) is 37.0 Å². The molecule has 0 bridgehead atoms. The van der Waals surface area contributed by atoms with Crippen molar-refractivity contribution in [3.05, 3.63) is 34.9 Å². The first-order chi connectivity index (χ1) is 8.66. The molecule has 3 nitrogen and oxygen atoms in total. The second kappa shape index (κ2) is 6.21. The SMILES string of the molecule is CN(C(=O)CNCCc1ccc(Cl)cc1)C1CC1. The van der Waals surface area contributed by atoms with Gasteiger partial charge in [0.2, 0.25) is 5.91 Å². The van der Waals surface area contributed by atoms with E-state index in [1.54, 1.807) is 0 Å². The van der Waals surface area contributed by atoms with Gasteiger partial charge in [0.15, 0.2) is 0 Å². The average molecular weight is 267 g/mol. The van der Waals surface area contributed by atoms with Crippen molar-refractivity contribution in [2.75, 3.05) is 20.1 Å². The maximum Gasteiger partial charge on any atom is 0.236 e. The van der Waals surface area contributed by atoms with E-state index >= 15 is 0 Å². The van der Waals surface area contributed by atoms with Crippen LogP contribution >= 0.6 is 11.6 Å². The van der Waals surface area contributed by atoms with Crippen LogP contribution in [0.3, 0.4) is 0 Å². The average Bonchev–Trinajstić information content (AvgIpc) is 3.20. The first kappa shape index (κ1) is 13.4. The molecule has 0 heterocycles. The molecule has 1 aromatic carbocycles. The Kier molecular flexibility index (Phi) is 4.61. The van der Waals surface area contributed by atoms with Crippen molar-refractivity contribution in [2.24, 2.45) is 0 Å². The molecule has 0 spiro atoms. The van der Waals surface area contributed by atoms with Gasteiger partial charge in [-0.15, -0.1) is 0 Å². The number of nitrogens with one attached hydrogen (secondary N) is 1. The Morgan fingerprint density at radius 3 is 2.67 bits per heavy atom. The lowest BCUT2D eigenvalue weighted by molar-refractivity contribution is -0.129. The zero-order chi connectivity index (χ0) is 13.0. The summed E-state index contributed by atoms with van der Waals surface area (Å²) in [6.45, 7) is 1.24. The van der Waals surface area contributed by atoms with Crippen molar-refractivity contribution in [1.29, 1.82) is 0 Å². The highest BCUT2D eigenvalue weighted by molar-refractivity contribution is 6.30. The monoisotopic (exact) mass is 266 g/mol. The fraction of sp³-hybridized carbons (Fsp3) is 0.500. The molecule has 4 heteroatoms. The normalized spacial score (nSPS) is 14.6. The molecule has 0 saturated heterocycles. The van der Waals surface area contributed by atoms with Crippen LogP contribution in [0.2, 0.25) is 5.02 Å². The van der Waals surface area contributed by atoms with Gasteiger partial charge in [-0.05, 0) is 43.5 Å². The molecule has 1 N–H and O–H groups in total. The fourth-order valence-corrected chi connectivity index (χ4v) is 2.00. The van der Waals surface area contributed by atoms with Crippen LogP contribution in [0.4, 0.5) is 0 Å². The number of benzene rings is 1. The van der Waals surface area contributed by atoms with Crippen LogP contribution in [0.25, 0.3) is 0 Å². The summed E-state index contributed by atoms with van der Waals surface area (Å²) in [5, 5.41) is 3.94. The lowest BCUT2D eigenvalue weighted by Crippen LogP contribution is -2.37. The minimum atomic E-state index is 0.189. The molecule has 1 saturated carbocycles. The van der Waals surface area contributed by atoms with E-state index in [4.69, 9.17) is 11.6 Å². The van der Waals surface area contributed by atoms with E-state index in [0.29, 0.717) is 12.6 Å². The van der Waals surface area contributed by atoms with E-state index < -0.39 is 0 Å². The molecule has 0 atom stereocenters. The lowest BCUT2D eigenvalue weighted by Gasteiger charge is -2.16. The number of halogens is 1. The van der Waals surface area contributed by atoms with Crippen LogP contribution in [0, 0.1) is 0 Å². The summed E-state index contributed by atoms with van der Waals surface area (Å²) < 4.78 is 0. The zero-order valence-corrected chi connectivity index (χ0v) is 11.4. The summed E-state index contributed by atoms with van der Waals surface area (Å²) in [7, 11) is 1.89. The number of nitrogens with zero attached hydrogens (tertiary/aromatic N) is 1. The quantitative estimate of drug-likeness (QED) is 0.800. The Morgan fingerprint density at radius 1 is 1.39 bits per heavy atom. The van der Waals surface area contributed by atoms with Crippen LogP contribution in [-0.2, 0) is 11.2 Å². The van der Waals surface area contributed by atoms with Crippen LogP contribution < -0.4 is 5.32 Å². The molecule has 1 aromatic rings. The summed E-state index contributed by atoms with van der Waals surface area (Å²) in [4.78, 5) is 13.6. The van der Waals surface area contributed by atoms with Gasteiger partial charge in [-0.2, -0.15) is 0 Å². The Morgan fingerprint density at radius 2 is 2.06 bits per heavy atom. The first-order valence-corrected chi connectivity index (χ1v) is 6.75. The number of rotatable bonds is 6. The number of amides is 1. The van der Waals surface area contributed by atoms with Gasteiger partial charge >= 0.3 is 0 Å². The van der Waals surface area contributed by atoms with Crippen LogP contribution in [0.1, 0.15) is 18.4 Å². The smallest absolute Gasteiger partial charge is 0.236 e. The number of likely N-dealkylation sites (N-methyl/N-ethyl adjacent to an activating group) is 1. The van der Waals surface area contributed by atoms with E-state index in [2.05, 4.69) is 5.32 Å². The van der Waals surface area contributed by atoms with Gasteiger partial charge in [-0.1, -0.05) is 23.7 Å². The number of hydrogen-bond donors (Lipinski definition) is 1. The summed E-state index contributed by atoms with van der Waals surface area (Å²) >= 11 is 5.82. The molecule has 18 heavy (non-hydrogen) atoms. The topological polar surface area (TPSA) is 32.3 Å². The molecule has 2 rings (SSSR count). The highest BCUT2D eigenvalue weighted by Gasteiger charge is 2.28. The highest BCUT2D eigenvalue weighted by atomic mass is 35.5. The molecule has 1 amide bonds. The molecule has 0 aromatic heterocycles. The Labute approximate surface area is 113 Å². The van der Waals surface area contributed by atoms with E-state index in [0.717, 1.165) is 30.8 Å². The highest BCUT2D eigenvalue weighted by Crippen LogP contribution is 2.25. The number of carbonyl (C=O) groups excluding carboxylic acids is 1. The Bertz CT molecular complexity index is 401. The summed E-state index contributed by atoms with van der Waals surface area (Å²) in [5.74, 6) is 0.189. The van der Waals surface area contributed by atoms with Crippen molar-refractivity contribution in [1.82, 2.24) is 10.2 Å². The van der Waals surface area contributed by atoms with Gasteiger partial charge in [-0.3, -0.25) is 4.79 Å². The third-order valence-electron chi connectivity index (χ3n) is 3.27.